The molecular weight excluding hydrogens is 381 g/mol. The van der Waals surface area contributed by atoms with Crippen LogP contribution in [0.1, 0.15) is 29.6 Å². The molecule has 4 rings (SSSR count). The van der Waals surface area contributed by atoms with Crippen LogP contribution in [0.2, 0.25) is 0 Å². The van der Waals surface area contributed by atoms with Crippen LogP contribution >= 0.6 is 0 Å². The zero-order valence-corrected chi connectivity index (χ0v) is 17.1. The van der Waals surface area contributed by atoms with Gasteiger partial charge in [-0.1, -0.05) is 24.3 Å². The summed E-state index contributed by atoms with van der Waals surface area (Å²) in [5, 5.41) is 2.11. The van der Waals surface area contributed by atoms with E-state index >= 15 is 0 Å². The van der Waals surface area contributed by atoms with Crippen LogP contribution in [0.5, 0.6) is 11.5 Å². The Morgan fingerprint density at radius 2 is 1.60 bits per heavy atom. The third-order valence-electron chi connectivity index (χ3n) is 5.71. The lowest BCUT2D eigenvalue weighted by molar-refractivity contribution is 0.0881. The number of piperidine rings is 1. The summed E-state index contributed by atoms with van der Waals surface area (Å²) in [6.45, 7) is 2.51. The van der Waals surface area contributed by atoms with Gasteiger partial charge in [0, 0.05) is 42.4 Å². The fourth-order valence-corrected chi connectivity index (χ4v) is 4.00. The topological polar surface area (TPSA) is 38.8 Å². The number of ketones is 1. The monoisotopic (exact) mass is 407 g/mol. The van der Waals surface area contributed by atoms with Crippen LogP contribution < -0.4 is 9.47 Å². The molecule has 156 valence electrons. The van der Waals surface area contributed by atoms with Crippen LogP contribution in [0.15, 0.2) is 60.7 Å². The summed E-state index contributed by atoms with van der Waals surface area (Å²) < 4.78 is 24.8. The van der Waals surface area contributed by atoms with Crippen LogP contribution in [0.4, 0.5) is 4.39 Å². The third kappa shape index (κ3) is 4.62. The highest BCUT2D eigenvalue weighted by molar-refractivity contribution is 5.96. The molecule has 0 spiro atoms. The summed E-state index contributed by atoms with van der Waals surface area (Å²) in [6, 6.07) is 17.8. The molecule has 0 N–H and O–H groups in total. The van der Waals surface area contributed by atoms with Crippen molar-refractivity contribution in [1.29, 1.82) is 0 Å². The maximum atomic E-state index is 13.0. The van der Waals surface area contributed by atoms with Gasteiger partial charge < -0.3 is 14.4 Å². The molecule has 0 atom stereocenters. The smallest absolute Gasteiger partial charge is 0.164 e. The largest absolute Gasteiger partial charge is 0.496 e. The standard InChI is InChI=1S/C25H26FNO3/c1-29-24-6-2-5-22-21(24)4-3-7-25(22)30-20-12-15-27(16-13-20)17-14-23(28)18-8-10-19(26)11-9-18/h2-11,20H,12-17H2,1H3. The number of Topliss-reactive ketones (excluding diaryl/α,β-unsaturated/α-hetero) is 1. The van der Waals surface area contributed by atoms with Gasteiger partial charge in [-0.05, 0) is 49.2 Å². The molecule has 1 heterocycles. The minimum absolute atomic E-state index is 0.0538. The summed E-state index contributed by atoms with van der Waals surface area (Å²) in [5.74, 6) is 1.46. The van der Waals surface area contributed by atoms with Crippen molar-refractivity contribution in [3.63, 3.8) is 0 Å². The molecule has 4 nitrogen and oxygen atoms in total. The zero-order valence-electron chi connectivity index (χ0n) is 17.1. The van der Waals surface area contributed by atoms with E-state index < -0.39 is 0 Å². The molecule has 1 saturated heterocycles. The van der Waals surface area contributed by atoms with Crippen molar-refractivity contribution in [3.8, 4) is 11.5 Å². The number of hydrogen-bond donors (Lipinski definition) is 0. The van der Waals surface area contributed by atoms with Crippen molar-refractivity contribution in [2.75, 3.05) is 26.7 Å². The molecule has 0 bridgehead atoms. The molecule has 1 fully saturated rings. The second-order valence-electron chi connectivity index (χ2n) is 7.65. The number of carbonyl (C=O) groups excluding carboxylic acids is 1. The molecule has 30 heavy (non-hydrogen) atoms. The van der Waals surface area contributed by atoms with E-state index in [4.69, 9.17) is 9.47 Å². The van der Waals surface area contributed by atoms with Gasteiger partial charge in [-0.15, -0.1) is 0 Å². The predicted molar refractivity (Wildman–Crippen MR) is 116 cm³/mol. The summed E-state index contributed by atoms with van der Waals surface area (Å²) in [7, 11) is 1.68. The van der Waals surface area contributed by atoms with E-state index in [1.54, 1.807) is 19.2 Å². The molecule has 1 aliphatic rings. The minimum Gasteiger partial charge on any atom is -0.496 e. The normalized spacial score (nSPS) is 15.3. The Balaban J connectivity index is 1.30. The summed E-state index contributed by atoms with van der Waals surface area (Å²) in [6.07, 6.45) is 2.45. The van der Waals surface area contributed by atoms with Gasteiger partial charge in [0.25, 0.3) is 0 Å². The number of likely N-dealkylation sites (tertiary alicyclic amines) is 1. The van der Waals surface area contributed by atoms with Crippen LogP contribution in [0, 0.1) is 5.82 Å². The van der Waals surface area contributed by atoms with E-state index in [-0.39, 0.29) is 17.7 Å². The number of fused-ring (bicyclic) bond motifs is 1. The first-order valence-corrected chi connectivity index (χ1v) is 10.4. The van der Waals surface area contributed by atoms with Gasteiger partial charge in [0.2, 0.25) is 0 Å². The molecule has 3 aromatic carbocycles. The van der Waals surface area contributed by atoms with Crippen molar-refractivity contribution in [1.82, 2.24) is 4.90 Å². The lowest BCUT2D eigenvalue weighted by atomic mass is 10.0. The average molecular weight is 407 g/mol. The molecule has 5 heteroatoms. The molecule has 3 aromatic rings. The Bertz CT molecular complexity index is 1010. The Morgan fingerprint density at radius 3 is 2.27 bits per heavy atom. The Labute approximate surface area is 176 Å². The van der Waals surface area contributed by atoms with Crippen LogP contribution in [-0.2, 0) is 0 Å². The van der Waals surface area contributed by atoms with Crippen LogP contribution in [0.3, 0.4) is 0 Å². The number of benzene rings is 3. The number of nitrogens with zero attached hydrogens (tertiary/aromatic N) is 1. The van der Waals surface area contributed by atoms with Crippen molar-refractivity contribution >= 4 is 16.6 Å². The van der Waals surface area contributed by atoms with Gasteiger partial charge in [-0.25, -0.2) is 4.39 Å². The summed E-state index contributed by atoms with van der Waals surface area (Å²) in [5.41, 5.74) is 0.570. The van der Waals surface area contributed by atoms with Gasteiger partial charge in [-0.2, -0.15) is 0 Å². The Hall–Kier alpha value is -2.92. The quantitative estimate of drug-likeness (QED) is 0.511. The summed E-state index contributed by atoms with van der Waals surface area (Å²) >= 11 is 0. The second kappa shape index (κ2) is 9.26. The van der Waals surface area contributed by atoms with E-state index in [2.05, 4.69) is 11.0 Å². The highest BCUT2D eigenvalue weighted by atomic mass is 19.1. The number of halogens is 1. The minimum atomic E-state index is -0.321. The third-order valence-corrected chi connectivity index (χ3v) is 5.71. The highest BCUT2D eigenvalue weighted by Gasteiger charge is 2.22. The van der Waals surface area contributed by atoms with E-state index in [0.717, 1.165) is 48.2 Å². The van der Waals surface area contributed by atoms with Crippen molar-refractivity contribution in [2.24, 2.45) is 0 Å². The first-order chi connectivity index (χ1) is 14.6. The molecule has 0 amide bonds. The molecule has 0 aromatic heterocycles. The van der Waals surface area contributed by atoms with Gasteiger partial charge in [-0.3, -0.25) is 4.79 Å². The van der Waals surface area contributed by atoms with Crippen LogP contribution in [-0.4, -0.2) is 43.5 Å². The van der Waals surface area contributed by atoms with Gasteiger partial charge >= 0.3 is 0 Å². The van der Waals surface area contributed by atoms with Crippen LogP contribution in [0.25, 0.3) is 10.8 Å². The van der Waals surface area contributed by atoms with E-state index in [9.17, 15) is 9.18 Å². The fourth-order valence-electron chi connectivity index (χ4n) is 4.00. The molecular formula is C25H26FNO3. The fraction of sp³-hybridized carbons (Fsp3) is 0.320. The Morgan fingerprint density at radius 1 is 0.967 bits per heavy atom. The first kappa shape index (κ1) is 20.4. The number of rotatable bonds is 7. The lowest BCUT2D eigenvalue weighted by Gasteiger charge is -2.32. The molecule has 0 saturated carbocycles. The van der Waals surface area contributed by atoms with Crippen molar-refractivity contribution in [2.45, 2.75) is 25.4 Å². The first-order valence-electron chi connectivity index (χ1n) is 10.4. The Kier molecular flexibility index (Phi) is 6.29. The molecule has 0 aliphatic carbocycles. The summed E-state index contributed by atoms with van der Waals surface area (Å²) in [4.78, 5) is 14.6. The molecule has 0 unspecified atom stereocenters. The number of methoxy groups -OCH3 is 1. The average Bonchev–Trinajstić information content (AvgIpc) is 2.78. The maximum Gasteiger partial charge on any atom is 0.164 e. The molecule has 0 radical (unpaired) electrons. The van der Waals surface area contributed by atoms with E-state index in [1.165, 1.54) is 12.1 Å². The van der Waals surface area contributed by atoms with Gasteiger partial charge in [0.05, 0.1) is 7.11 Å². The number of carbonyl (C=O) groups is 1. The van der Waals surface area contributed by atoms with E-state index in [1.807, 2.05) is 30.3 Å². The highest BCUT2D eigenvalue weighted by Crippen LogP contribution is 2.33. The van der Waals surface area contributed by atoms with E-state index in [0.29, 0.717) is 18.5 Å². The van der Waals surface area contributed by atoms with Crippen molar-refractivity contribution < 1.29 is 18.7 Å². The SMILES string of the molecule is COc1cccc2c(OC3CCN(CCC(=O)c4ccc(F)cc4)CC3)cccc12. The zero-order chi connectivity index (χ0) is 20.9. The van der Waals surface area contributed by atoms with Gasteiger partial charge in [0.1, 0.15) is 23.4 Å². The van der Waals surface area contributed by atoms with Gasteiger partial charge in [0.15, 0.2) is 5.78 Å². The maximum absolute atomic E-state index is 13.0. The molecule has 1 aliphatic heterocycles. The van der Waals surface area contributed by atoms with Crippen molar-refractivity contribution in [3.05, 3.63) is 72.0 Å². The lowest BCUT2D eigenvalue weighted by Crippen LogP contribution is -2.39. The predicted octanol–water partition coefficient (Wildman–Crippen LogP) is 5.10. The number of ether oxygens (including phenoxy) is 2. The second-order valence-corrected chi connectivity index (χ2v) is 7.65. The number of hydrogen-bond acceptors (Lipinski definition) is 4.